The predicted octanol–water partition coefficient (Wildman–Crippen LogP) is 2.41. The molecule has 1 heterocycles. The largest absolute Gasteiger partial charge is 0.472 e. The van der Waals surface area contributed by atoms with Gasteiger partial charge < -0.3 is 10.2 Å². The normalized spacial score (nSPS) is 11.1. The van der Waals surface area contributed by atoms with Gasteiger partial charge in [-0.2, -0.15) is 0 Å². The standard InChI is InChI=1S/C15H20N2O/c1-17(10-13-7-9-18-12-13)11-15-5-3-2-4-14(15)6-8-16/h2-5,7,9,12H,6,8,10-11,16H2,1H3. The van der Waals surface area contributed by atoms with Crippen molar-refractivity contribution in [1.29, 1.82) is 0 Å². The zero-order valence-electron chi connectivity index (χ0n) is 10.8. The van der Waals surface area contributed by atoms with Crippen molar-refractivity contribution in [1.82, 2.24) is 4.90 Å². The molecule has 0 amide bonds. The van der Waals surface area contributed by atoms with Crippen LogP contribution in [0.1, 0.15) is 16.7 Å². The van der Waals surface area contributed by atoms with Gasteiger partial charge in [0.05, 0.1) is 12.5 Å². The van der Waals surface area contributed by atoms with Crippen LogP contribution in [0.2, 0.25) is 0 Å². The van der Waals surface area contributed by atoms with Crippen molar-refractivity contribution in [3.8, 4) is 0 Å². The highest BCUT2D eigenvalue weighted by atomic mass is 16.3. The summed E-state index contributed by atoms with van der Waals surface area (Å²) in [4.78, 5) is 2.28. The van der Waals surface area contributed by atoms with Gasteiger partial charge in [0.15, 0.2) is 0 Å². The molecule has 2 rings (SSSR count). The maximum Gasteiger partial charge on any atom is 0.0947 e. The Hall–Kier alpha value is -1.58. The summed E-state index contributed by atoms with van der Waals surface area (Å²) in [6, 6.07) is 10.5. The molecule has 0 atom stereocenters. The van der Waals surface area contributed by atoms with Gasteiger partial charge in [-0.15, -0.1) is 0 Å². The molecule has 0 aliphatic heterocycles. The Morgan fingerprint density at radius 2 is 1.89 bits per heavy atom. The van der Waals surface area contributed by atoms with E-state index in [1.807, 2.05) is 6.07 Å². The molecule has 0 unspecified atom stereocenters. The van der Waals surface area contributed by atoms with Crippen molar-refractivity contribution >= 4 is 0 Å². The maximum absolute atomic E-state index is 5.64. The lowest BCUT2D eigenvalue weighted by Crippen LogP contribution is -2.18. The minimum atomic E-state index is 0.697. The first-order valence-electron chi connectivity index (χ1n) is 6.26. The first-order valence-corrected chi connectivity index (χ1v) is 6.26. The smallest absolute Gasteiger partial charge is 0.0947 e. The van der Waals surface area contributed by atoms with Gasteiger partial charge in [0, 0.05) is 18.7 Å². The number of hydrogen-bond donors (Lipinski definition) is 1. The molecular formula is C15H20N2O. The zero-order valence-corrected chi connectivity index (χ0v) is 10.8. The Labute approximate surface area is 108 Å². The molecule has 1 aromatic carbocycles. The SMILES string of the molecule is CN(Cc1ccoc1)Cc1ccccc1CCN. The Morgan fingerprint density at radius 1 is 1.11 bits per heavy atom. The first kappa shape index (κ1) is 12.9. The molecule has 0 bridgehead atoms. The minimum Gasteiger partial charge on any atom is -0.472 e. The molecular weight excluding hydrogens is 224 g/mol. The fourth-order valence-electron chi connectivity index (χ4n) is 2.15. The predicted molar refractivity (Wildman–Crippen MR) is 73.1 cm³/mol. The lowest BCUT2D eigenvalue weighted by Gasteiger charge is -2.18. The van der Waals surface area contributed by atoms with Crippen LogP contribution in [0.4, 0.5) is 0 Å². The first-order chi connectivity index (χ1) is 8.79. The molecule has 18 heavy (non-hydrogen) atoms. The summed E-state index contributed by atoms with van der Waals surface area (Å²) in [5.41, 5.74) is 9.55. The second-order valence-electron chi connectivity index (χ2n) is 4.61. The molecule has 3 nitrogen and oxygen atoms in total. The molecule has 0 fully saturated rings. The summed E-state index contributed by atoms with van der Waals surface area (Å²) in [6.45, 7) is 2.53. The van der Waals surface area contributed by atoms with Crippen LogP contribution in [-0.4, -0.2) is 18.5 Å². The number of rotatable bonds is 6. The van der Waals surface area contributed by atoms with Gasteiger partial charge in [0.2, 0.25) is 0 Å². The van der Waals surface area contributed by atoms with Crippen molar-refractivity contribution in [2.75, 3.05) is 13.6 Å². The van der Waals surface area contributed by atoms with E-state index in [1.54, 1.807) is 12.5 Å². The molecule has 1 aromatic heterocycles. The lowest BCUT2D eigenvalue weighted by molar-refractivity contribution is 0.317. The van der Waals surface area contributed by atoms with E-state index in [9.17, 15) is 0 Å². The second-order valence-corrected chi connectivity index (χ2v) is 4.61. The number of benzene rings is 1. The topological polar surface area (TPSA) is 42.4 Å². The molecule has 0 radical (unpaired) electrons. The van der Waals surface area contributed by atoms with Crippen molar-refractivity contribution in [3.05, 3.63) is 59.5 Å². The number of nitrogens with zero attached hydrogens (tertiary/aromatic N) is 1. The van der Waals surface area contributed by atoms with Crippen LogP contribution in [-0.2, 0) is 19.5 Å². The Bertz CT molecular complexity index is 465. The molecule has 96 valence electrons. The molecule has 3 heteroatoms. The quantitative estimate of drug-likeness (QED) is 0.848. The maximum atomic E-state index is 5.64. The van der Waals surface area contributed by atoms with Gasteiger partial charge in [-0.05, 0) is 37.2 Å². The highest BCUT2D eigenvalue weighted by Crippen LogP contribution is 2.13. The summed E-state index contributed by atoms with van der Waals surface area (Å²) in [7, 11) is 2.12. The van der Waals surface area contributed by atoms with E-state index in [1.165, 1.54) is 16.7 Å². The van der Waals surface area contributed by atoms with Crippen LogP contribution < -0.4 is 5.73 Å². The average Bonchev–Trinajstić information content (AvgIpc) is 2.84. The molecule has 0 saturated heterocycles. The third-order valence-electron chi connectivity index (χ3n) is 3.00. The number of hydrogen-bond acceptors (Lipinski definition) is 3. The number of nitrogens with two attached hydrogens (primary N) is 1. The number of furan rings is 1. The van der Waals surface area contributed by atoms with E-state index in [0.29, 0.717) is 6.54 Å². The van der Waals surface area contributed by atoms with Crippen LogP contribution in [0.25, 0.3) is 0 Å². The van der Waals surface area contributed by atoms with Crippen LogP contribution >= 0.6 is 0 Å². The average molecular weight is 244 g/mol. The second kappa shape index (κ2) is 6.38. The van der Waals surface area contributed by atoms with Gasteiger partial charge in [0.25, 0.3) is 0 Å². The fraction of sp³-hybridized carbons (Fsp3) is 0.333. The van der Waals surface area contributed by atoms with Gasteiger partial charge in [0.1, 0.15) is 0 Å². The summed E-state index contributed by atoms with van der Waals surface area (Å²) in [6.07, 6.45) is 4.45. The van der Waals surface area contributed by atoms with Crippen molar-refractivity contribution in [3.63, 3.8) is 0 Å². The molecule has 0 aliphatic carbocycles. The molecule has 0 saturated carbocycles. The Balaban J connectivity index is 2.00. The summed E-state index contributed by atoms with van der Waals surface area (Å²) >= 11 is 0. The van der Waals surface area contributed by atoms with E-state index in [2.05, 4.69) is 36.2 Å². The van der Waals surface area contributed by atoms with Crippen LogP contribution in [0.15, 0.2) is 47.3 Å². The Morgan fingerprint density at radius 3 is 2.56 bits per heavy atom. The molecule has 0 aliphatic rings. The van der Waals surface area contributed by atoms with Gasteiger partial charge in [-0.3, -0.25) is 4.90 Å². The van der Waals surface area contributed by atoms with Crippen molar-refractivity contribution in [2.45, 2.75) is 19.5 Å². The molecule has 2 aromatic rings. The van der Waals surface area contributed by atoms with Crippen molar-refractivity contribution < 1.29 is 4.42 Å². The van der Waals surface area contributed by atoms with Crippen LogP contribution in [0.5, 0.6) is 0 Å². The zero-order chi connectivity index (χ0) is 12.8. The van der Waals surface area contributed by atoms with Gasteiger partial charge >= 0.3 is 0 Å². The third kappa shape index (κ3) is 3.45. The summed E-state index contributed by atoms with van der Waals surface area (Å²) in [5, 5.41) is 0. The third-order valence-corrected chi connectivity index (χ3v) is 3.00. The molecule has 2 N–H and O–H groups in total. The fourth-order valence-corrected chi connectivity index (χ4v) is 2.15. The summed E-state index contributed by atoms with van der Waals surface area (Å²) < 4.78 is 5.08. The Kier molecular flexibility index (Phi) is 4.56. The lowest BCUT2D eigenvalue weighted by atomic mass is 10.0. The van der Waals surface area contributed by atoms with E-state index >= 15 is 0 Å². The van der Waals surface area contributed by atoms with Crippen molar-refractivity contribution in [2.24, 2.45) is 5.73 Å². The molecule has 0 spiro atoms. The van der Waals surface area contributed by atoms with Crippen LogP contribution in [0, 0.1) is 0 Å². The van der Waals surface area contributed by atoms with E-state index in [4.69, 9.17) is 10.2 Å². The van der Waals surface area contributed by atoms with Gasteiger partial charge in [-0.25, -0.2) is 0 Å². The van der Waals surface area contributed by atoms with E-state index < -0.39 is 0 Å². The van der Waals surface area contributed by atoms with E-state index in [-0.39, 0.29) is 0 Å². The highest BCUT2D eigenvalue weighted by Gasteiger charge is 2.06. The highest BCUT2D eigenvalue weighted by molar-refractivity contribution is 5.27. The van der Waals surface area contributed by atoms with E-state index in [0.717, 1.165) is 19.5 Å². The van der Waals surface area contributed by atoms with Gasteiger partial charge in [-0.1, -0.05) is 24.3 Å². The summed E-state index contributed by atoms with van der Waals surface area (Å²) in [5.74, 6) is 0. The minimum absolute atomic E-state index is 0.697. The monoisotopic (exact) mass is 244 g/mol. The van der Waals surface area contributed by atoms with Crippen LogP contribution in [0.3, 0.4) is 0 Å².